The molecule has 0 fully saturated rings. The van der Waals surface area contributed by atoms with Crippen molar-refractivity contribution in [1.29, 1.82) is 0 Å². The number of nitrogens with zero attached hydrogens (tertiary/aromatic N) is 1. The molecule has 26 heavy (non-hydrogen) atoms. The molecule has 1 N–H and O–H groups in total. The molecule has 0 heterocycles. The van der Waals surface area contributed by atoms with Gasteiger partial charge in [-0.2, -0.15) is 0 Å². The lowest BCUT2D eigenvalue weighted by Gasteiger charge is -2.29. The van der Waals surface area contributed by atoms with Crippen LogP contribution in [0.15, 0.2) is 72.8 Å². The van der Waals surface area contributed by atoms with Crippen LogP contribution in [-0.2, 0) is 13.1 Å². The number of hydrogen-bond acceptors (Lipinski definition) is 2. The Morgan fingerprint density at radius 3 is 1.81 bits per heavy atom. The normalized spacial score (nSPS) is 10.6. The van der Waals surface area contributed by atoms with Crippen LogP contribution in [0.1, 0.15) is 29.2 Å². The van der Waals surface area contributed by atoms with Crippen molar-refractivity contribution in [1.82, 2.24) is 0 Å². The molecule has 0 bridgehead atoms. The number of hydrogen-bond donors (Lipinski definition) is 1. The van der Waals surface area contributed by atoms with Crippen LogP contribution in [0.25, 0.3) is 0 Å². The van der Waals surface area contributed by atoms with E-state index in [1.165, 1.54) is 33.6 Å². The minimum Gasteiger partial charge on any atom is -0.383 e. The smallest absolute Gasteiger partial charge is 0.0613 e. The van der Waals surface area contributed by atoms with Gasteiger partial charge in [0, 0.05) is 19.6 Å². The van der Waals surface area contributed by atoms with Crippen molar-refractivity contribution in [2.45, 2.75) is 33.9 Å². The molecule has 3 aromatic carbocycles. The predicted molar refractivity (Wildman–Crippen MR) is 113 cm³/mol. The first kappa shape index (κ1) is 18.1. The third kappa shape index (κ3) is 4.45. The zero-order valence-corrected chi connectivity index (χ0v) is 16.0. The van der Waals surface area contributed by atoms with E-state index in [0.29, 0.717) is 0 Å². The quantitative estimate of drug-likeness (QED) is 0.570. The van der Waals surface area contributed by atoms with E-state index in [0.717, 1.165) is 19.6 Å². The maximum Gasteiger partial charge on any atom is 0.0613 e. The van der Waals surface area contributed by atoms with Gasteiger partial charge < -0.3 is 10.2 Å². The minimum atomic E-state index is 0.886. The summed E-state index contributed by atoms with van der Waals surface area (Å²) in [4.78, 5) is 2.47. The Kier molecular flexibility index (Phi) is 5.96. The Morgan fingerprint density at radius 1 is 0.769 bits per heavy atom. The van der Waals surface area contributed by atoms with E-state index in [4.69, 9.17) is 0 Å². The molecule has 0 saturated heterocycles. The lowest BCUT2D eigenvalue weighted by molar-refractivity contribution is 0.799. The largest absolute Gasteiger partial charge is 0.383 e. The van der Waals surface area contributed by atoms with Gasteiger partial charge in [0.05, 0.1) is 11.4 Å². The van der Waals surface area contributed by atoms with Crippen molar-refractivity contribution < 1.29 is 0 Å². The Hall–Kier alpha value is -2.74. The van der Waals surface area contributed by atoms with Crippen molar-refractivity contribution in [3.63, 3.8) is 0 Å². The van der Waals surface area contributed by atoms with Crippen LogP contribution >= 0.6 is 0 Å². The van der Waals surface area contributed by atoms with Crippen LogP contribution in [0, 0.1) is 13.8 Å². The number of nitrogens with one attached hydrogen (secondary N) is 1. The molecule has 3 aromatic rings. The average Bonchev–Trinajstić information content (AvgIpc) is 2.65. The second-order valence-corrected chi connectivity index (χ2v) is 6.83. The van der Waals surface area contributed by atoms with E-state index in [1.807, 2.05) is 0 Å². The van der Waals surface area contributed by atoms with Gasteiger partial charge in [-0.3, -0.25) is 0 Å². The fourth-order valence-electron chi connectivity index (χ4n) is 3.44. The van der Waals surface area contributed by atoms with Crippen LogP contribution < -0.4 is 10.2 Å². The van der Waals surface area contributed by atoms with Gasteiger partial charge in [-0.05, 0) is 49.1 Å². The summed E-state index contributed by atoms with van der Waals surface area (Å²) in [5.41, 5.74) is 7.76. The topological polar surface area (TPSA) is 15.3 Å². The Labute approximate surface area is 157 Å². The third-order valence-corrected chi connectivity index (χ3v) is 4.59. The number of rotatable bonds is 7. The highest BCUT2D eigenvalue weighted by Gasteiger charge is 2.15. The van der Waals surface area contributed by atoms with Crippen LogP contribution in [0.3, 0.4) is 0 Å². The first-order valence-electron chi connectivity index (χ1n) is 9.35. The summed E-state index contributed by atoms with van der Waals surface area (Å²) >= 11 is 0. The molecule has 0 aliphatic rings. The molecule has 0 aromatic heterocycles. The molecule has 0 aliphatic heterocycles. The molecule has 2 nitrogen and oxygen atoms in total. The van der Waals surface area contributed by atoms with Crippen LogP contribution in [0.4, 0.5) is 11.4 Å². The molecule has 0 aliphatic carbocycles. The maximum absolute atomic E-state index is 3.58. The van der Waals surface area contributed by atoms with Gasteiger partial charge in [-0.1, -0.05) is 66.7 Å². The maximum atomic E-state index is 3.58. The lowest BCUT2D eigenvalue weighted by Crippen LogP contribution is -2.24. The van der Waals surface area contributed by atoms with Gasteiger partial charge in [-0.25, -0.2) is 0 Å². The van der Waals surface area contributed by atoms with E-state index in [2.05, 4.69) is 104 Å². The van der Waals surface area contributed by atoms with Crippen molar-refractivity contribution >= 4 is 11.4 Å². The number of benzene rings is 3. The van der Waals surface area contributed by atoms with Crippen molar-refractivity contribution in [2.24, 2.45) is 0 Å². The Morgan fingerprint density at radius 2 is 1.31 bits per heavy atom. The van der Waals surface area contributed by atoms with Gasteiger partial charge >= 0.3 is 0 Å². The first-order chi connectivity index (χ1) is 12.7. The van der Waals surface area contributed by atoms with Crippen molar-refractivity contribution in [2.75, 3.05) is 16.8 Å². The SMILES string of the molecule is CCNc1c(C)cc(C)cc1N(Cc1ccccc1)Cc1ccccc1. The molecule has 134 valence electrons. The predicted octanol–water partition coefficient (Wildman–Crippen LogP) is 5.94. The third-order valence-electron chi connectivity index (χ3n) is 4.59. The van der Waals surface area contributed by atoms with E-state index < -0.39 is 0 Å². The first-order valence-corrected chi connectivity index (χ1v) is 9.35. The highest BCUT2D eigenvalue weighted by Crippen LogP contribution is 2.33. The van der Waals surface area contributed by atoms with Crippen LogP contribution in [-0.4, -0.2) is 6.54 Å². The van der Waals surface area contributed by atoms with Crippen LogP contribution in [0.2, 0.25) is 0 Å². The van der Waals surface area contributed by atoms with Crippen molar-refractivity contribution in [3.05, 3.63) is 95.1 Å². The van der Waals surface area contributed by atoms with E-state index in [1.54, 1.807) is 0 Å². The summed E-state index contributed by atoms with van der Waals surface area (Å²) in [5, 5.41) is 3.58. The van der Waals surface area contributed by atoms with Gasteiger partial charge in [0.15, 0.2) is 0 Å². The summed E-state index contributed by atoms with van der Waals surface area (Å²) in [5.74, 6) is 0. The van der Waals surface area contributed by atoms with Gasteiger partial charge in [0.25, 0.3) is 0 Å². The second-order valence-electron chi connectivity index (χ2n) is 6.83. The molecule has 2 heteroatoms. The Balaban J connectivity index is 2.02. The van der Waals surface area contributed by atoms with E-state index in [9.17, 15) is 0 Å². The monoisotopic (exact) mass is 344 g/mol. The van der Waals surface area contributed by atoms with E-state index >= 15 is 0 Å². The standard InChI is InChI=1S/C24H28N2/c1-4-25-24-20(3)15-19(2)16-23(24)26(17-21-11-7-5-8-12-21)18-22-13-9-6-10-14-22/h5-16,25H,4,17-18H2,1-3H3. The van der Waals surface area contributed by atoms with E-state index in [-0.39, 0.29) is 0 Å². The molecular weight excluding hydrogens is 316 g/mol. The summed E-state index contributed by atoms with van der Waals surface area (Å²) in [6.07, 6.45) is 0. The summed E-state index contributed by atoms with van der Waals surface area (Å²) in [6, 6.07) is 26.0. The molecule has 0 spiro atoms. The lowest BCUT2D eigenvalue weighted by atomic mass is 10.1. The van der Waals surface area contributed by atoms with Gasteiger partial charge in [0.1, 0.15) is 0 Å². The average molecular weight is 345 g/mol. The molecule has 3 rings (SSSR count). The second kappa shape index (κ2) is 8.57. The highest BCUT2D eigenvalue weighted by atomic mass is 15.1. The zero-order valence-electron chi connectivity index (χ0n) is 16.0. The molecule has 0 amide bonds. The molecule has 0 unspecified atom stereocenters. The van der Waals surface area contributed by atoms with Gasteiger partial charge in [-0.15, -0.1) is 0 Å². The summed E-state index contributed by atoms with van der Waals surface area (Å²) in [7, 11) is 0. The number of anilines is 2. The van der Waals surface area contributed by atoms with Gasteiger partial charge in [0.2, 0.25) is 0 Å². The minimum absolute atomic E-state index is 0.886. The van der Waals surface area contributed by atoms with Crippen molar-refractivity contribution in [3.8, 4) is 0 Å². The Bertz CT molecular complexity index is 784. The number of aryl methyl sites for hydroxylation is 2. The highest BCUT2D eigenvalue weighted by molar-refractivity contribution is 5.74. The molecule has 0 atom stereocenters. The van der Waals surface area contributed by atoms with Crippen LogP contribution in [0.5, 0.6) is 0 Å². The zero-order chi connectivity index (χ0) is 18.4. The molecule has 0 saturated carbocycles. The molecular formula is C24H28N2. The summed E-state index contributed by atoms with van der Waals surface area (Å²) < 4.78 is 0. The molecule has 0 radical (unpaired) electrons. The summed E-state index contributed by atoms with van der Waals surface area (Å²) in [6.45, 7) is 9.21. The fraction of sp³-hybridized carbons (Fsp3) is 0.250. The fourth-order valence-corrected chi connectivity index (χ4v) is 3.44.